The first-order valence-electron chi connectivity index (χ1n) is 6.93. The van der Waals surface area contributed by atoms with Crippen molar-refractivity contribution in [3.63, 3.8) is 0 Å². The topological polar surface area (TPSA) is 39.7 Å². The molecule has 3 aliphatic rings. The highest BCUT2D eigenvalue weighted by Gasteiger charge is 2.42. The van der Waals surface area contributed by atoms with E-state index in [1.54, 1.807) is 0 Å². The molecule has 2 atom stereocenters. The number of nitrogens with one attached hydrogen (secondary N) is 1. The highest BCUT2D eigenvalue weighted by molar-refractivity contribution is 4.96. The van der Waals surface area contributed by atoms with E-state index in [0.29, 0.717) is 6.04 Å². The smallest absolute Gasteiger partial charge is 0.0933 e. The van der Waals surface area contributed by atoms with Crippen LogP contribution in [0.5, 0.6) is 0 Å². The van der Waals surface area contributed by atoms with Crippen LogP contribution in [0.3, 0.4) is 0 Å². The van der Waals surface area contributed by atoms with E-state index < -0.39 is 0 Å². The molecule has 17 heavy (non-hydrogen) atoms. The molecular weight excluding hydrogens is 218 g/mol. The molecule has 0 bridgehead atoms. The van der Waals surface area contributed by atoms with Gasteiger partial charge in [-0.2, -0.15) is 0 Å². The van der Waals surface area contributed by atoms with Gasteiger partial charge in [-0.25, -0.2) is 0 Å². The third-order valence-corrected chi connectivity index (χ3v) is 4.28. The van der Waals surface area contributed by atoms with E-state index in [2.05, 4.69) is 5.32 Å². The van der Waals surface area contributed by atoms with E-state index in [0.717, 1.165) is 39.4 Å². The molecule has 4 nitrogen and oxygen atoms in total. The Morgan fingerprint density at radius 3 is 2.82 bits per heavy atom. The zero-order chi connectivity index (χ0) is 11.6. The van der Waals surface area contributed by atoms with Crippen molar-refractivity contribution in [2.24, 2.45) is 0 Å². The van der Waals surface area contributed by atoms with Crippen LogP contribution < -0.4 is 5.32 Å². The molecule has 1 aliphatic carbocycles. The van der Waals surface area contributed by atoms with Gasteiger partial charge in [-0.05, 0) is 32.1 Å². The summed E-state index contributed by atoms with van der Waals surface area (Å²) in [6.45, 7) is 4.06. The second kappa shape index (κ2) is 5.22. The third kappa shape index (κ3) is 2.81. The van der Waals surface area contributed by atoms with Gasteiger partial charge in [0, 0.05) is 19.2 Å². The van der Waals surface area contributed by atoms with Gasteiger partial charge in [0.25, 0.3) is 0 Å². The van der Waals surface area contributed by atoms with Crippen LogP contribution in [0.1, 0.15) is 32.1 Å². The molecule has 0 amide bonds. The summed E-state index contributed by atoms with van der Waals surface area (Å²) in [5.41, 5.74) is 0.236. The Morgan fingerprint density at radius 2 is 2.12 bits per heavy atom. The van der Waals surface area contributed by atoms with Gasteiger partial charge in [0.2, 0.25) is 0 Å². The number of ether oxygens (including phenoxy) is 3. The molecule has 1 N–H and O–H groups in total. The van der Waals surface area contributed by atoms with Crippen LogP contribution >= 0.6 is 0 Å². The van der Waals surface area contributed by atoms with E-state index in [1.165, 1.54) is 25.7 Å². The first kappa shape index (κ1) is 11.9. The minimum absolute atomic E-state index is 0.236. The van der Waals surface area contributed by atoms with Crippen molar-refractivity contribution >= 4 is 0 Å². The highest BCUT2D eigenvalue weighted by atomic mass is 16.6. The van der Waals surface area contributed by atoms with Crippen LogP contribution in [0.4, 0.5) is 0 Å². The molecule has 2 heterocycles. The minimum Gasteiger partial charge on any atom is -0.376 e. The predicted molar refractivity (Wildman–Crippen MR) is 64.1 cm³/mol. The third-order valence-electron chi connectivity index (χ3n) is 4.28. The van der Waals surface area contributed by atoms with E-state index in [9.17, 15) is 0 Å². The fraction of sp³-hybridized carbons (Fsp3) is 1.00. The summed E-state index contributed by atoms with van der Waals surface area (Å²) in [5.74, 6) is 0. The summed E-state index contributed by atoms with van der Waals surface area (Å²) in [6, 6.07) is 0.606. The summed E-state index contributed by atoms with van der Waals surface area (Å²) in [7, 11) is 0. The quantitative estimate of drug-likeness (QED) is 0.803. The molecule has 0 aromatic heterocycles. The Kier molecular flexibility index (Phi) is 3.66. The summed E-state index contributed by atoms with van der Waals surface area (Å²) < 4.78 is 17.0. The molecule has 1 spiro atoms. The summed E-state index contributed by atoms with van der Waals surface area (Å²) in [5, 5.41) is 3.63. The average Bonchev–Trinajstić information content (AvgIpc) is 2.36. The van der Waals surface area contributed by atoms with Gasteiger partial charge in [0.1, 0.15) is 0 Å². The number of hydrogen-bond donors (Lipinski definition) is 1. The second-order valence-electron chi connectivity index (χ2n) is 5.55. The van der Waals surface area contributed by atoms with Crippen molar-refractivity contribution in [1.82, 2.24) is 5.32 Å². The van der Waals surface area contributed by atoms with Gasteiger partial charge in [-0.1, -0.05) is 0 Å². The van der Waals surface area contributed by atoms with E-state index in [1.807, 2.05) is 0 Å². The monoisotopic (exact) mass is 241 g/mol. The van der Waals surface area contributed by atoms with Gasteiger partial charge in [0.15, 0.2) is 0 Å². The molecular formula is C13H23NO3. The number of hydrogen-bond acceptors (Lipinski definition) is 4. The number of rotatable bonds is 3. The lowest BCUT2D eigenvalue weighted by atomic mass is 9.74. The minimum atomic E-state index is 0.236. The molecule has 2 aliphatic heterocycles. The summed E-state index contributed by atoms with van der Waals surface area (Å²) in [4.78, 5) is 0. The Bertz CT molecular complexity index is 249. The Hall–Kier alpha value is -0.160. The van der Waals surface area contributed by atoms with Crippen LogP contribution in [0.25, 0.3) is 0 Å². The molecule has 3 rings (SSSR count). The lowest BCUT2D eigenvalue weighted by molar-refractivity contribution is -0.137. The van der Waals surface area contributed by atoms with Crippen LogP contribution in [0.15, 0.2) is 0 Å². The van der Waals surface area contributed by atoms with E-state index >= 15 is 0 Å². The Labute approximate surface area is 103 Å². The zero-order valence-electron chi connectivity index (χ0n) is 10.5. The molecule has 4 heteroatoms. The van der Waals surface area contributed by atoms with Gasteiger partial charge in [0.05, 0.1) is 31.5 Å². The largest absolute Gasteiger partial charge is 0.376 e. The maximum atomic E-state index is 5.93. The summed E-state index contributed by atoms with van der Waals surface area (Å²) in [6.07, 6.45) is 6.41. The molecule has 0 radical (unpaired) electrons. The van der Waals surface area contributed by atoms with Crippen molar-refractivity contribution in [2.45, 2.75) is 49.9 Å². The van der Waals surface area contributed by atoms with Crippen LogP contribution in [0.2, 0.25) is 0 Å². The average molecular weight is 241 g/mol. The van der Waals surface area contributed by atoms with Gasteiger partial charge < -0.3 is 19.5 Å². The fourth-order valence-electron chi connectivity index (χ4n) is 3.07. The van der Waals surface area contributed by atoms with Crippen molar-refractivity contribution in [1.29, 1.82) is 0 Å². The summed E-state index contributed by atoms with van der Waals surface area (Å²) >= 11 is 0. The van der Waals surface area contributed by atoms with Gasteiger partial charge >= 0.3 is 0 Å². The van der Waals surface area contributed by atoms with Gasteiger partial charge in [-0.3, -0.25) is 0 Å². The normalized spacial score (nSPS) is 36.7. The van der Waals surface area contributed by atoms with E-state index in [-0.39, 0.29) is 11.7 Å². The lowest BCUT2D eigenvalue weighted by Gasteiger charge is -2.47. The Balaban J connectivity index is 1.41. The van der Waals surface area contributed by atoms with Crippen LogP contribution in [-0.2, 0) is 14.2 Å². The van der Waals surface area contributed by atoms with Gasteiger partial charge in [-0.15, -0.1) is 0 Å². The zero-order valence-corrected chi connectivity index (χ0v) is 10.5. The van der Waals surface area contributed by atoms with Crippen molar-refractivity contribution in [2.75, 3.05) is 33.0 Å². The fourth-order valence-corrected chi connectivity index (χ4v) is 3.07. The van der Waals surface area contributed by atoms with E-state index in [4.69, 9.17) is 14.2 Å². The second-order valence-corrected chi connectivity index (χ2v) is 5.55. The SMILES string of the molecule is C1CC2(C1)CC(NCC1COCCO1)CCO2. The Morgan fingerprint density at radius 1 is 1.18 bits per heavy atom. The molecule has 2 unspecified atom stereocenters. The van der Waals surface area contributed by atoms with Crippen molar-refractivity contribution < 1.29 is 14.2 Å². The first-order chi connectivity index (χ1) is 8.36. The molecule has 98 valence electrons. The molecule has 1 saturated carbocycles. The maximum absolute atomic E-state index is 5.93. The first-order valence-corrected chi connectivity index (χ1v) is 6.93. The van der Waals surface area contributed by atoms with Crippen molar-refractivity contribution in [3.8, 4) is 0 Å². The standard InChI is InChI=1S/C13H23NO3/c1-3-13(4-1)8-11(2-5-17-13)14-9-12-10-15-6-7-16-12/h11-12,14H,1-10H2. The van der Waals surface area contributed by atoms with Crippen LogP contribution in [-0.4, -0.2) is 50.7 Å². The predicted octanol–water partition coefficient (Wildman–Crippen LogP) is 1.09. The lowest BCUT2D eigenvalue weighted by Crippen LogP contribution is -2.52. The highest BCUT2D eigenvalue weighted by Crippen LogP contribution is 2.42. The van der Waals surface area contributed by atoms with Crippen LogP contribution in [0, 0.1) is 0 Å². The molecule has 3 fully saturated rings. The van der Waals surface area contributed by atoms with Crippen molar-refractivity contribution in [3.05, 3.63) is 0 Å². The molecule has 0 aromatic carbocycles. The molecule has 2 saturated heterocycles. The molecule has 0 aromatic rings. The maximum Gasteiger partial charge on any atom is 0.0933 e.